The fourth-order valence-corrected chi connectivity index (χ4v) is 2.09. The molecule has 0 aliphatic heterocycles. The molecule has 1 unspecified atom stereocenters. The predicted molar refractivity (Wildman–Crippen MR) is 65.1 cm³/mol. The number of aliphatic hydroxyl groups excluding tert-OH is 1. The van der Waals surface area contributed by atoms with Gasteiger partial charge in [0.1, 0.15) is 5.82 Å². The van der Waals surface area contributed by atoms with Gasteiger partial charge < -0.3 is 5.11 Å². The monoisotopic (exact) mass is 278 g/mol. The molecule has 0 radical (unpaired) electrons. The van der Waals surface area contributed by atoms with Crippen LogP contribution in [0.25, 0.3) is 0 Å². The first kappa shape index (κ1) is 16.0. The predicted octanol–water partition coefficient (Wildman–Crippen LogP) is 4.70. The molecular weight excluding hydrogens is 260 g/mol. The molecule has 1 aromatic carbocycles. The summed E-state index contributed by atoms with van der Waals surface area (Å²) < 4.78 is 51.5. The molecule has 19 heavy (non-hydrogen) atoms. The lowest BCUT2D eigenvalue weighted by atomic mass is 9.92. The third-order valence-corrected chi connectivity index (χ3v) is 3.40. The Labute approximate surface area is 110 Å². The molecule has 1 aromatic rings. The number of alkyl halides is 3. The van der Waals surface area contributed by atoms with Crippen LogP contribution in [0.15, 0.2) is 18.2 Å². The van der Waals surface area contributed by atoms with E-state index in [1.165, 1.54) is 6.07 Å². The Morgan fingerprint density at radius 3 is 2.21 bits per heavy atom. The number of benzene rings is 1. The Bertz CT molecular complexity index is 410. The summed E-state index contributed by atoms with van der Waals surface area (Å²) in [4.78, 5) is 0. The van der Waals surface area contributed by atoms with E-state index in [1.807, 2.05) is 13.8 Å². The molecule has 1 nitrogen and oxygen atoms in total. The van der Waals surface area contributed by atoms with Crippen molar-refractivity contribution in [1.29, 1.82) is 0 Å². The molecule has 0 spiro atoms. The summed E-state index contributed by atoms with van der Waals surface area (Å²) >= 11 is 0. The van der Waals surface area contributed by atoms with Crippen LogP contribution in [0.3, 0.4) is 0 Å². The van der Waals surface area contributed by atoms with Crippen LogP contribution >= 0.6 is 0 Å². The van der Waals surface area contributed by atoms with Gasteiger partial charge in [0, 0.05) is 5.56 Å². The highest BCUT2D eigenvalue weighted by Gasteiger charge is 2.35. The van der Waals surface area contributed by atoms with Crippen molar-refractivity contribution in [2.45, 2.75) is 45.4 Å². The van der Waals surface area contributed by atoms with Crippen molar-refractivity contribution in [2.75, 3.05) is 0 Å². The molecule has 0 heterocycles. The van der Waals surface area contributed by atoms with Gasteiger partial charge in [-0.05, 0) is 18.4 Å². The van der Waals surface area contributed by atoms with E-state index in [9.17, 15) is 22.7 Å². The Morgan fingerprint density at radius 2 is 1.74 bits per heavy atom. The largest absolute Gasteiger partial charge is 0.419 e. The first-order valence-electron chi connectivity index (χ1n) is 6.34. The smallest absolute Gasteiger partial charge is 0.388 e. The fourth-order valence-electron chi connectivity index (χ4n) is 2.09. The van der Waals surface area contributed by atoms with Gasteiger partial charge in [-0.15, -0.1) is 0 Å². The lowest BCUT2D eigenvalue weighted by Gasteiger charge is -2.19. The standard InChI is InChI=1S/C14H18F4O/c1-3-9(4-2)8-12(19)10-6-5-7-11(13(10)15)14(16,17)18/h5-7,9,12,19H,3-4,8H2,1-2H3. The second-order valence-electron chi connectivity index (χ2n) is 4.64. The molecule has 0 aromatic heterocycles. The van der Waals surface area contributed by atoms with Gasteiger partial charge in [-0.25, -0.2) is 4.39 Å². The zero-order chi connectivity index (χ0) is 14.6. The number of aliphatic hydroxyl groups is 1. The molecule has 1 N–H and O–H groups in total. The second-order valence-corrected chi connectivity index (χ2v) is 4.64. The average molecular weight is 278 g/mol. The average Bonchev–Trinajstić information content (AvgIpc) is 2.34. The van der Waals surface area contributed by atoms with Crippen LogP contribution in [-0.2, 0) is 6.18 Å². The van der Waals surface area contributed by atoms with Crippen LogP contribution in [0.4, 0.5) is 17.6 Å². The van der Waals surface area contributed by atoms with Crippen molar-refractivity contribution in [3.63, 3.8) is 0 Å². The van der Waals surface area contributed by atoms with Gasteiger partial charge in [0.15, 0.2) is 0 Å². The van der Waals surface area contributed by atoms with Gasteiger partial charge in [0.2, 0.25) is 0 Å². The van der Waals surface area contributed by atoms with Crippen LogP contribution < -0.4 is 0 Å². The molecule has 0 bridgehead atoms. The minimum atomic E-state index is -4.74. The number of hydrogen-bond donors (Lipinski definition) is 1. The maximum atomic E-state index is 13.8. The summed E-state index contributed by atoms with van der Waals surface area (Å²) in [6.07, 6.45) is -4.07. The summed E-state index contributed by atoms with van der Waals surface area (Å²) in [6.45, 7) is 3.87. The molecule has 1 rings (SSSR count). The van der Waals surface area contributed by atoms with Crippen LogP contribution in [0.5, 0.6) is 0 Å². The normalized spacial score (nSPS) is 13.9. The SMILES string of the molecule is CCC(CC)CC(O)c1cccc(C(F)(F)F)c1F. The summed E-state index contributed by atoms with van der Waals surface area (Å²) in [6, 6.07) is 3.01. The first-order chi connectivity index (χ1) is 8.81. The first-order valence-corrected chi connectivity index (χ1v) is 6.34. The van der Waals surface area contributed by atoms with E-state index >= 15 is 0 Å². The lowest BCUT2D eigenvalue weighted by Crippen LogP contribution is -2.13. The molecule has 0 saturated carbocycles. The van der Waals surface area contributed by atoms with E-state index in [4.69, 9.17) is 0 Å². The van der Waals surface area contributed by atoms with Gasteiger partial charge in [-0.1, -0.05) is 38.8 Å². The van der Waals surface area contributed by atoms with E-state index in [2.05, 4.69) is 0 Å². The van der Waals surface area contributed by atoms with Gasteiger partial charge in [-0.2, -0.15) is 13.2 Å². The molecule has 0 amide bonds. The topological polar surface area (TPSA) is 20.2 Å². The van der Waals surface area contributed by atoms with E-state index in [-0.39, 0.29) is 17.9 Å². The summed E-state index contributed by atoms with van der Waals surface area (Å²) in [5.41, 5.74) is -1.60. The van der Waals surface area contributed by atoms with E-state index in [0.29, 0.717) is 6.07 Å². The fraction of sp³-hybridized carbons (Fsp3) is 0.571. The zero-order valence-corrected chi connectivity index (χ0v) is 11.0. The highest BCUT2D eigenvalue weighted by molar-refractivity contribution is 5.29. The van der Waals surface area contributed by atoms with E-state index < -0.39 is 23.7 Å². The summed E-state index contributed by atoms with van der Waals surface area (Å²) in [7, 11) is 0. The van der Waals surface area contributed by atoms with Crippen molar-refractivity contribution in [2.24, 2.45) is 5.92 Å². The van der Waals surface area contributed by atoms with Crippen LogP contribution in [0.1, 0.15) is 50.3 Å². The van der Waals surface area contributed by atoms with Gasteiger partial charge in [-0.3, -0.25) is 0 Å². The van der Waals surface area contributed by atoms with Gasteiger partial charge in [0.25, 0.3) is 0 Å². The maximum absolute atomic E-state index is 13.8. The zero-order valence-electron chi connectivity index (χ0n) is 11.0. The Balaban J connectivity index is 3.01. The minimum Gasteiger partial charge on any atom is -0.388 e. The van der Waals surface area contributed by atoms with Crippen molar-refractivity contribution in [3.8, 4) is 0 Å². The third-order valence-electron chi connectivity index (χ3n) is 3.40. The molecule has 0 saturated heterocycles. The van der Waals surface area contributed by atoms with Crippen molar-refractivity contribution in [1.82, 2.24) is 0 Å². The van der Waals surface area contributed by atoms with Gasteiger partial charge >= 0.3 is 6.18 Å². The van der Waals surface area contributed by atoms with Crippen molar-refractivity contribution in [3.05, 3.63) is 35.1 Å². The molecular formula is C14H18F4O. The highest BCUT2D eigenvalue weighted by atomic mass is 19.4. The maximum Gasteiger partial charge on any atom is 0.419 e. The minimum absolute atomic E-state index is 0.170. The van der Waals surface area contributed by atoms with Crippen LogP contribution in [0, 0.1) is 11.7 Å². The Kier molecular flexibility index (Phi) is 5.35. The lowest BCUT2D eigenvalue weighted by molar-refractivity contribution is -0.140. The van der Waals surface area contributed by atoms with Crippen molar-refractivity contribution >= 4 is 0 Å². The molecule has 0 aliphatic carbocycles. The highest BCUT2D eigenvalue weighted by Crippen LogP contribution is 2.35. The van der Waals surface area contributed by atoms with E-state index in [0.717, 1.165) is 18.9 Å². The Morgan fingerprint density at radius 1 is 1.16 bits per heavy atom. The van der Waals surface area contributed by atoms with Gasteiger partial charge in [0.05, 0.1) is 11.7 Å². The second kappa shape index (κ2) is 6.37. The van der Waals surface area contributed by atoms with Crippen LogP contribution in [-0.4, -0.2) is 5.11 Å². The van der Waals surface area contributed by atoms with Crippen molar-refractivity contribution < 1.29 is 22.7 Å². The third kappa shape index (κ3) is 3.93. The molecule has 0 aliphatic rings. The molecule has 108 valence electrons. The molecule has 1 atom stereocenters. The summed E-state index contributed by atoms with van der Waals surface area (Å²) in [5, 5.41) is 9.92. The Hall–Kier alpha value is -1.10. The number of halogens is 4. The summed E-state index contributed by atoms with van der Waals surface area (Å²) in [5.74, 6) is -1.20. The number of hydrogen-bond acceptors (Lipinski definition) is 1. The molecule has 5 heteroatoms. The molecule has 0 fully saturated rings. The van der Waals surface area contributed by atoms with E-state index in [1.54, 1.807) is 0 Å². The number of rotatable bonds is 5. The van der Waals surface area contributed by atoms with Crippen LogP contribution in [0.2, 0.25) is 0 Å². The quantitative estimate of drug-likeness (QED) is 0.774.